The van der Waals surface area contributed by atoms with Crippen LogP contribution < -0.4 is 10.6 Å². The first-order valence-corrected chi connectivity index (χ1v) is 7.61. The second kappa shape index (κ2) is 6.42. The number of hydrogen-bond donors (Lipinski definition) is 1. The summed E-state index contributed by atoms with van der Waals surface area (Å²) in [5.41, 5.74) is 7.75. The largest absolute Gasteiger partial charge is 0.371 e. The zero-order valence-corrected chi connectivity index (χ0v) is 12.8. The van der Waals surface area contributed by atoms with Crippen LogP contribution in [0.4, 0.5) is 5.69 Å². The first kappa shape index (κ1) is 14.4. The summed E-state index contributed by atoms with van der Waals surface area (Å²) in [4.78, 5) is 3.66. The molecular weight excluding hydrogens is 276 g/mol. The van der Waals surface area contributed by atoms with Crippen LogP contribution in [0.15, 0.2) is 35.7 Å². The van der Waals surface area contributed by atoms with Gasteiger partial charge >= 0.3 is 0 Å². The highest BCUT2D eigenvalue weighted by Crippen LogP contribution is 2.25. The van der Waals surface area contributed by atoms with Crippen molar-refractivity contribution in [2.75, 3.05) is 11.9 Å². The van der Waals surface area contributed by atoms with Gasteiger partial charge in [-0.15, -0.1) is 11.3 Å². The first-order chi connectivity index (χ1) is 9.11. The van der Waals surface area contributed by atoms with Crippen LogP contribution >= 0.6 is 22.9 Å². The van der Waals surface area contributed by atoms with Gasteiger partial charge in [0.15, 0.2) is 0 Å². The first-order valence-electron chi connectivity index (χ1n) is 6.35. The molecule has 2 rings (SSSR count). The Bertz CT molecular complexity index is 525. The molecule has 102 valence electrons. The second-order valence-electron chi connectivity index (χ2n) is 4.72. The fourth-order valence-electron chi connectivity index (χ4n) is 2.03. The maximum atomic E-state index is 6.22. The van der Waals surface area contributed by atoms with Crippen LogP contribution in [-0.2, 0) is 13.0 Å². The Labute approximate surface area is 123 Å². The highest BCUT2D eigenvalue weighted by atomic mass is 35.5. The van der Waals surface area contributed by atoms with Gasteiger partial charge in [-0.1, -0.05) is 23.7 Å². The highest BCUT2D eigenvalue weighted by molar-refractivity contribution is 7.09. The summed E-state index contributed by atoms with van der Waals surface area (Å²) in [6.07, 6.45) is 1.05. The number of halogens is 1. The molecule has 19 heavy (non-hydrogen) atoms. The Morgan fingerprint density at radius 3 is 2.74 bits per heavy atom. The molecule has 0 bridgehead atoms. The van der Waals surface area contributed by atoms with Crippen molar-refractivity contribution >= 4 is 28.6 Å². The molecule has 1 atom stereocenters. The van der Waals surface area contributed by atoms with E-state index in [0.29, 0.717) is 12.6 Å². The Kier molecular flexibility index (Phi) is 4.86. The van der Waals surface area contributed by atoms with Crippen LogP contribution in [0.25, 0.3) is 0 Å². The molecular formula is C15H19ClN2S. The van der Waals surface area contributed by atoms with Gasteiger partial charge in [-0.25, -0.2) is 0 Å². The number of hydrogen-bond acceptors (Lipinski definition) is 3. The molecule has 0 aliphatic heterocycles. The lowest BCUT2D eigenvalue weighted by Crippen LogP contribution is -2.30. The number of nitrogens with two attached hydrogens (primary N) is 1. The number of thiophene rings is 1. The lowest BCUT2D eigenvalue weighted by molar-refractivity contribution is 0.688. The fourth-order valence-corrected chi connectivity index (χ4v) is 3.11. The molecule has 1 aromatic carbocycles. The molecule has 2 aromatic rings. The minimum atomic E-state index is 0.429. The van der Waals surface area contributed by atoms with E-state index in [4.69, 9.17) is 17.3 Å². The summed E-state index contributed by atoms with van der Waals surface area (Å²) in [6, 6.07) is 10.8. The molecule has 1 unspecified atom stereocenters. The third-order valence-electron chi connectivity index (χ3n) is 3.40. The number of likely N-dealkylation sites (N-methyl/N-ethyl adjacent to an activating group) is 1. The van der Waals surface area contributed by atoms with Gasteiger partial charge in [0, 0.05) is 41.6 Å². The third-order valence-corrected chi connectivity index (χ3v) is 4.65. The average molecular weight is 295 g/mol. The van der Waals surface area contributed by atoms with Gasteiger partial charge in [0.2, 0.25) is 0 Å². The molecule has 0 saturated carbocycles. The predicted molar refractivity (Wildman–Crippen MR) is 85.2 cm³/mol. The minimum Gasteiger partial charge on any atom is -0.371 e. The Morgan fingerprint density at radius 1 is 1.37 bits per heavy atom. The van der Waals surface area contributed by atoms with E-state index in [9.17, 15) is 0 Å². The molecule has 1 aromatic heterocycles. The van der Waals surface area contributed by atoms with Crippen molar-refractivity contribution in [3.8, 4) is 0 Å². The smallest absolute Gasteiger partial charge is 0.0471 e. The normalized spacial score (nSPS) is 12.4. The van der Waals surface area contributed by atoms with Gasteiger partial charge in [0.05, 0.1) is 0 Å². The summed E-state index contributed by atoms with van der Waals surface area (Å²) >= 11 is 8.02. The van der Waals surface area contributed by atoms with Crippen LogP contribution in [0.5, 0.6) is 0 Å². The molecule has 0 radical (unpaired) electrons. The summed E-state index contributed by atoms with van der Waals surface area (Å²) in [6.45, 7) is 2.71. The van der Waals surface area contributed by atoms with Gasteiger partial charge in [0.1, 0.15) is 0 Å². The number of anilines is 1. The van der Waals surface area contributed by atoms with E-state index in [0.717, 1.165) is 22.7 Å². The third kappa shape index (κ3) is 3.50. The standard InChI is InChI=1S/C15H19ClN2S/c1-11(8-14-4-3-7-19-14)18(2)13-6-5-12(10-17)15(16)9-13/h3-7,9,11H,8,10,17H2,1-2H3. The Balaban J connectivity index is 2.10. The van der Waals surface area contributed by atoms with E-state index >= 15 is 0 Å². The van der Waals surface area contributed by atoms with Crippen molar-refractivity contribution in [2.45, 2.75) is 25.9 Å². The van der Waals surface area contributed by atoms with Gasteiger partial charge in [-0.3, -0.25) is 0 Å². The molecule has 0 fully saturated rings. The number of rotatable bonds is 5. The van der Waals surface area contributed by atoms with E-state index in [1.54, 1.807) is 11.3 Å². The lowest BCUT2D eigenvalue weighted by Gasteiger charge is -2.27. The SMILES string of the molecule is CC(Cc1cccs1)N(C)c1ccc(CN)c(Cl)c1. The molecule has 0 aliphatic rings. The summed E-state index contributed by atoms with van der Waals surface area (Å²) in [5, 5.41) is 2.87. The predicted octanol–water partition coefficient (Wildman–Crippen LogP) is 3.93. The fraction of sp³-hybridized carbons (Fsp3) is 0.333. The summed E-state index contributed by atoms with van der Waals surface area (Å²) in [7, 11) is 2.10. The van der Waals surface area contributed by atoms with E-state index in [-0.39, 0.29) is 0 Å². The van der Waals surface area contributed by atoms with Gasteiger partial charge in [-0.05, 0) is 36.1 Å². The lowest BCUT2D eigenvalue weighted by atomic mass is 10.1. The molecule has 2 N–H and O–H groups in total. The zero-order chi connectivity index (χ0) is 13.8. The van der Waals surface area contributed by atoms with Crippen molar-refractivity contribution in [3.63, 3.8) is 0 Å². The average Bonchev–Trinajstić information content (AvgIpc) is 2.90. The molecule has 0 amide bonds. The van der Waals surface area contributed by atoms with E-state index < -0.39 is 0 Å². The maximum Gasteiger partial charge on any atom is 0.0471 e. The highest BCUT2D eigenvalue weighted by Gasteiger charge is 2.12. The molecule has 1 heterocycles. The van der Waals surface area contributed by atoms with Gasteiger partial charge < -0.3 is 10.6 Å². The number of benzene rings is 1. The topological polar surface area (TPSA) is 29.3 Å². The summed E-state index contributed by atoms with van der Waals surface area (Å²) < 4.78 is 0. The van der Waals surface area contributed by atoms with Crippen LogP contribution in [0, 0.1) is 0 Å². The molecule has 0 spiro atoms. The van der Waals surface area contributed by atoms with Crippen LogP contribution in [-0.4, -0.2) is 13.1 Å². The van der Waals surface area contributed by atoms with Crippen molar-refractivity contribution in [2.24, 2.45) is 5.73 Å². The number of nitrogens with zero attached hydrogens (tertiary/aromatic N) is 1. The Morgan fingerprint density at radius 2 is 2.16 bits per heavy atom. The minimum absolute atomic E-state index is 0.429. The van der Waals surface area contributed by atoms with E-state index in [1.165, 1.54) is 4.88 Å². The van der Waals surface area contributed by atoms with Crippen molar-refractivity contribution < 1.29 is 0 Å². The van der Waals surface area contributed by atoms with E-state index in [1.807, 2.05) is 12.1 Å². The van der Waals surface area contributed by atoms with Crippen LogP contribution in [0.2, 0.25) is 5.02 Å². The molecule has 0 saturated heterocycles. The van der Waals surface area contributed by atoms with E-state index in [2.05, 4.69) is 42.5 Å². The Hall–Kier alpha value is -1.03. The van der Waals surface area contributed by atoms with Crippen molar-refractivity contribution in [1.82, 2.24) is 0 Å². The summed E-state index contributed by atoms with van der Waals surface area (Å²) in [5.74, 6) is 0. The molecule has 2 nitrogen and oxygen atoms in total. The monoisotopic (exact) mass is 294 g/mol. The molecule has 0 aliphatic carbocycles. The van der Waals surface area contributed by atoms with Crippen molar-refractivity contribution in [3.05, 3.63) is 51.2 Å². The van der Waals surface area contributed by atoms with Crippen LogP contribution in [0.3, 0.4) is 0 Å². The molecule has 4 heteroatoms. The van der Waals surface area contributed by atoms with Crippen molar-refractivity contribution in [1.29, 1.82) is 0 Å². The quantitative estimate of drug-likeness (QED) is 0.905. The van der Waals surface area contributed by atoms with Crippen LogP contribution in [0.1, 0.15) is 17.4 Å². The zero-order valence-electron chi connectivity index (χ0n) is 11.3. The maximum absolute atomic E-state index is 6.22. The van der Waals surface area contributed by atoms with Gasteiger partial charge in [-0.2, -0.15) is 0 Å². The van der Waals surface area contributed by atoms with Gasteiger partial charge in [0.25, 0.3) is 0 Å². The second-order valence-corrected chi connectivity index (χ2v) is 6.16.